The summed E-state index contributed by atoms with van der Waals surface area (Å²) in [5.41, 5.74) is -0.859. The molecule has 15 heavy (non-hydrogen) atoms. The molecule has 0 atom stereocenters. The smallest absolute Gasteiger partial charge is 0.328 e. The molecule has 6 heteroatoms. The van der Waals surface area contributed by atoms with Gasteiger partial charge in [0.25, 0.3) is 5.56 Å². The van der Waals surface area contributed by atoms with Crippen LogP contribution in [0.15, 0.2) is 15.9 Å². The fourth-order valence-corrected chi connectivity index (χ4v) is 1.54. The average Bonchev–Trinajstić information content (AvgIpc) is 2.62. The van der Waals surface area contributed by atoms with Crippen molar-refractivity contribution in [2.75, 3.05) is 0 Å². The van der Waals surface area contributed by atoms with Crippen molar-refractivity contribution in [3.05, 3.63) is 27.2 Å². The molecule has 2 aromatic rings. The first-order chi connectivity index (χ1) is 8.22. The summed E-state index contributed by atoms with van der Waals surface area (Å²) in [4.78, 5) is 28.0. The molecule has 2 aromatic heterocycles. The van der Waals surface area contributed by atoms with E-state index in [4.69, 9.17) is 4.11 Å². The van der Waals surface area contributed by atoms with Gasteiger partial charge in [0, 0.05) is 24.8 Å². The van der Waals surface area contributed by atoms with Gasteiger partial charge in [-0.15, -0.1) is 0 Å². The predicted octanol–water partition coefficient (Wildman–Crippen LogP) is -0.546. The average molecular weight is 211 g/mol. The van der Waals surface area contributed by atoms with Crippen molar-refractivity contribution in [3.8, 4) is 0 Å². The van der Waals surface area contributed by atoms with Crippen LogP contribution in [-0.2, 0) is 20.6 Å². The molecule has 0 radical (unpaired) electrons. The molecule has 0 bridgehead atoms. The SMILES string of the molecule is [2H]C([2H])([2H])Cn1c(=O)c2c(ncn2C)n(C)c1=O. The first-order valence-electron chi connectivity index (χ1n) is 5.83. The van der Waals surface area contributed by atoms with Gasteiger partial charge in [-0.3, -0.25) is 13.9 Å². The van der Waals surface area contributed by atoms with Crippen LogP contribution in [0.4, 0.5) is 0 Å². The fourth-order valence-electron chi connectivity index (χ4n) is 1.54. The monoisotopic (exact) mass is 211 g/mol. The van der Waals surface area contributed by atoms with E-state index in [1.165, 1.54) is 22.5 Å². The van der Waals surface area contributed by atoms with Gasteiger partial charge in [0.2, 0.25) is 0 Å². The first-order valence-corrected chi connectivity index (χ1v) is 4.33. The quantitative estimate of drug-likeness (QED) is 0.636. The van der Waals surface area contributed by atoms with E-state index < -0.39 is 24.6 Å². The predicted molar refractivity (Wildman–Crippen MR) is 55.9 cm³/mol. The second-order valence-corrected chi connectivity index (χ2v) is 3.26. The number of hydrogen-bond acceptors (Lipinski definition) is 3. The zero-order valence-electron chi connectivity index (χ0n) is 11.4. The molecular weight excluding hydrogens is 196 g/mol. The lowest BCUT2D eigenvalue weighted by Crippen LogP contribution is -2.39. The van der Waals surface area contributed by atoms with Crippen LogP contribution in [-0.4, -0.2) is 18.7 Å². The minimum absolute atomic E-state index is 0.210. The van der Waals surface area contributed by atoms with Crippen LogP contribution >= 0.6 is 0 Å². The maximum Gasteiger partial charge on any atom is 0.332 e. The molecule has 0 saturated heterocycles. The van der Waals surface area contributed by atoms with Gasteiger partial charge in [0.15, 0.2) is 11.2 Å². The Morgan fingerprint density at radius 2 is 2.20 bits per heavy atom. The number of nitrogens with zero attached hydrogens (tertiary/aromatic N) is 4. The lowest BCUT2D eigenvalue weighted by Gasteiger charge is -2.05. The lowest BCUT2D eigenvalue weighted by molar-refractivity contribution is 0.635. The summed E-state index contributed by atoms with van der Waals surface area (Å²) in [7, 11) is 3.06. The third-order valence-electron chi connectivity index (χ3n) is 2.36. The molecule has 0 aliphatic carbocycles. The molecule has 0 aliphatic heterocycles. The summed E-state index contributed by atoms with van der Waals surface area (Å²) in [5.74, 6) is 0. The maximum atomic E-state index is 12.1. The van der Waals surface area contributed by atoms with Gasteiger partial charge in [0.1, 0.15) is 0 Å². The van der Waals surface area contributed by atoms with Crippen LogP contribution in [0.2, 0.25) is 0 Å². The third-order valence-corrected chi connectivity index (χ3v) is 2.36. The number of aryl methyl sites for hydroxylation is 2. The Kier molecular flexibility index (Phi) is 1.35. The summed E-state index contributed by atoms with van der Waals surface area (Å²) < 4.78 is 24.8. The highest BCUT2D eigenvalue weighted by Gasteiger charge is 2.12. The molecule has 80 valence electrons. The third kappa shape index (κ3) is 1.14. The molecule has 6 nitrogen and oxygen atoms in total. The van der Waals surface area contributed by atoms with Crippen molar-refractivity contribution in [2.24, 2.45) is 14.1 Å². The standard InChI is InChI=1S/C9H12N4O2/c1-4-13-8(14)6-7(10-5-11(6)2)12(3)9(13)15/h5H,4H2,1-3H3/i1D3. The Morgan fingerprint density at radius 3 is 2.87 bits per heavy atom. The molecule has 2 heterocycles. The van der Waals surface area contributed by atoms with Gasteiger partial charge in [-0.2, -0.15) is 0 Å². The van der Waals surface area contributed by atoms with Crippen LogP contribution in [0, 0.1) is 0 Å². The van der Waals surface area contributed by atoms with Crippen LogP contribution in [0.5, 0.6) is 0 Å². The summed E-state index contributed by atoms with van der Waals surface area (Å²) in [6, 6.07) is 0. The molecule has 0 N–H and O–H groups in total. The van der Waals surface area contributed by atoms with Crippen molar-refractivity contribution in [1.82, 2.24) is 18.7 Å². The van der Waals surface area contributed by atoms with Gasteiger partial charge in [0.05, 0.1) is 6.33 Å². The molecule has 2 rings (SSSR count). The summed E-state index contributed by atoms with van der Waals surface area (Å²) in [6.07, 6.45) is 1.41. The lowest BCUT2D eigenvalue weighted by atomic mass is 10.5. The van der Waals surface area contributed by atoms with Gasteiger partial charge < -0.3 is 4.57 Å². The highest BCUT2D eigenvalue weighted by molar-refractivity contribution is 5.69. The second-order valence-electron chi connectivity index (χ2n) is 3.26. The largest absolute Gasteiger partial charge is 0.332 e. The Balaban J connectivity index is 2.86. The van der Waals surface area contributed by atoms with Crippen molar-refractivity contribution in [2.45, 2.75) is 13.4 Å². The van der Waals surface area contributed by atoms with Gasteiger partial charge >= 0.3 is 5.69 Å². The molecule has 0 saturated carbocycles. The zero-order chi connectivity index (χ0) is 13.7. The molecular formula is C9H12N4O2. The highest BCUT2D eigenvalue weighted by atomic mass is 16.2. The van der Waals surface area contributed by atoms with Crippen LogP contribution < -0.4 is 11.2 Å². The topological polar surface area (TPSA) is 61.8 Å². The van der Waals surface area contributed by atoms with Gasteiger partial charge in [-0.05, 0) is 6.85 Å². The highest BCUT2D eigenvalue weighted by Crippen LogP contribution is 2.02. The van der Waals surface area contributed by atoms with Crippen molar-refractivity contribution in [1.29, 1.82) is 0 Å². The van der Waals surface area contributed by atoms with E-state index in [0.717, 1.165) is 4.57 Å². The van der Waals surface area contributed by atoms with E-state index in [1.807, 2.05) is 0 Å². The summed E-state index contributed by atoms with van der Waals surface area (Å²) in [6.45, 7) is -3.00. The number of rotatable bonds is 1. The van der Waals surface area contributed by atoms with Gasteiger partial charge in [-0.25, -0.2) is 9.78 Å². The number of aromatic nitrogens is 4. The van der Waals surface area contributed by atoms with Crippen molar-refractivity contribution in [3.63, 3.8) is 0 Å². The van der Waals surface area contributed by atoms with Crippen molar-refractivity contribution < 1.29 is 4.11 Å². The Hall–Kier alpha value is -1.85. The summed E-state index contributed by atoms with van der Waals surface area (Å²) in [5, 5.41) is 0. The molecule has 0 unspecified atom stereocenters. The van der Waals surface area contributed by atoms with E-state index in [1.54, 1.807) is 7.05 Å². The zero-order valence-corrected chi connectivity index (χ0v) is 8.39. The Labute approximate surface area is 89.6 Å². The van der Waals surface area contributed by atoms with Crippen LogP contribution in [0.25, 0.3) is 11.2 Å². The first kappa shape index (κ1) is 6.60. The fraction of sp³-hybridized carbons (Fsp3) is 0.444. The van der Waals surface area contributed by atoms with E-state index >= 15 is 0 Å². The molecule has 0 amide bonds. The molecule has 0 fully saturated rings. The molecule has 0 spiro atoms. The summed E-state index contributed by atoms with van der Waals surface area (Å²) >= 11 is 0. The van der Waals surface area contributed by atoms with E-state index in [2.05, 4.69) is 4.98 Å². The number of hydrogen-bond donors (Lipinski definition) is 0. The van der Waals surface area contributed by atoms with Crippen LogP contribution in [0.3, 0.4) is 0 Å². The molecule has 0 aliphatic rings. The van der Waals surface area contributed by atoms with E-state index in [-0.39, 0.29) is 11.2 Å². The minimum Gasteiger partial charge on any atom is -0.328 e. The van der Waals surface area contributed by atoms with Crippen LogP contribution in [0.1, 0.15) is 11.0 Å². The minimum atomic E-state index is -2.39. The number of imidazole rings is 1. The Morgan fingerprint density at radius 1 is 1.47 bits per heavy atom. The van der Waals surface area contributed by atoms with E-state index in [0.29, 0.717) is 0 Å². The van der Waals surface area contributed by atoms with Gasteiger partial charge in [-0.1, -0.05) is 0 Å². The van der Waals surface area contributed by atoms with E-state index in [9.17, 15) is 9.59 Å². The normalized spacial score (nSPS) is 14.9. The molecule has 0 aromatic carbocycles. The van der Waals surface area contributed by atoms with Crippen molar-refractivity contribution >= 4 is 11.2 Å². The Bertz CT molecular complexity index is 722. The number of fused-ring (bicyclic) bond motifs is 1. The maximum absolute atomic E-state index is 12.1. The second kappa shape index (κ2) is 3.08.